The summed E-state index contributed by atoms with van der Waals surface area (Å²) in [6.07, 6.45) is 9.88. The average Bonchev–Trinajstić information content (AvgIpc) is 2.13. The molecule has 0 aromatic heterocycles. The fraction of sp³-hybridized carbons (Fsp3) is 1.00. The minimum Gasteiger partial charge on any atom is -0.331 e. The molecule has 0 saturated carbocycles. The van der Waals surface area contributed by atoms with Gasteiger partial charge < -0.3 is 9.38 Å². The predicted octanol–water partition coefficient (Wildman–Crippen LogP) is 2.98. The molecule has 0 aliphatic rings. The second-order valence-electron chi connectivity index (χ2n) is 6.29. The number of nitrogens with zero attached hydrogens (tertiary/aromatic N) is 2. The van der Waals surface area contributed by atoms with Crippen molar-refractivity contribution in [1.29, 1.82) is 0 Å². The van der Waals surface area contributed by atoms with Gasteiger partial charge in [0.05, 0.1) is 27.7 Å². The second-order valence-corrected chi connectivity index (χ2v) is 6.29. The largest absolute Gasteiger partial charge is 0.331 e. The summed E-state index contributed by atoms with van der Waals surface area (Å²) < 4.78 is 1.11. The molecule has 0 aliphatic heterocycles. The zero-order valence-electron chi connectivity index (χ0n) is 12.3. The Morgan fingerprint density at radius 2 is 1.12 bits per heavy atom. The van der Waals surface area contributed by atoms with Gasteiger partial charge in [-0.1, -0.05) is 25.7 Å². The van der Waals surface area contributed by atoms with E-state index in [1.165, 1.54) is 58.0 Å². The van der Waals surface area contributed by atoms with E-state index in [1.807, 2.05) is 0 Å². The van der Waals surface area contributed by atoms with Crippen LogP contribution >= 0.6 is 0 Å². The van der Waals surface area contributed by atoms with Crippen LogP contribution in [0.5, 0.6) is 0 Å². The van der Waals surface area contributed by atoms with Gasteiger partial charge in [0.25, 0.3) is 0 Å². The standard InChI is InChI=1S/C14H33N2/c1-15(2)13-11-9-7-6-8-10-12-14-16(3,4)5/h6-14H2,1-5H3/q+1. The summed E-state index contributed by atoms with van der Waals surface area (Å²) in [6, 6.07) is 0. The first kappa shape index (κ1) is 15.9. The third-order valence-corrected chi connectivity index (χ3v) is 2.93. The van der Waals surface area contributed by atoms with Crippen molar-refractivity contribution in [2.75, 3.05) is 48.3 Å². The third kappa shape index (κ3) is 13.9. The topological polar surface area (TPSA) is 3.24 Å². The van der Waals surface area contributed by atoms with E-state index >= 15 is 0 Å². The quantitative estimate of drug-likeness (QED) is 0.411. The first-order valence-electron chi connectivity index (χ1n) is 6.87. The van der Waals surface area contributed by atoms with Crippen molar-refractivity contribution < 1.29 is 4.48 Å². The van der Waals surface area contributed by atoms with Crippen LogP contribution in [0.1, 0.15) is 44.9 Å². The van der Waals surface area contributed by atoms with Gasteiger partial charge in [0.2, 0.25) is 0 Å². The molecule has 0 N–H and O–H groups in total. The van der Waals surface area contributed by atoms with Crippen molar-refractivity contribution in [2.24, 2.45) is 0 Å². The normalized spacial score (nSPS) is 12.4. The predicted molar refractivity (Wildman–Crippen MR) is 73.8 cm³/mol. The number of unbranched alkanes of at least 4 members (excludes halogenated alkanes) is 6. The number of rotatable bonds is 10. The summed E-state index contributed by atoms with van der Waals surface area (Å²) in [5.74, 6) is 0. The molecule has 0 aliphatic carbocycles. The molecule has 0 fully saturated rings. The van der Waals surface area contributed by atoms with Gasteiger partial charge in [-0.3, -0.25) is 0 Å². The van der Waals surface area contributed by atoms with Crippen molar-refractivity contribution in [1.82, 2.24) is 4.90 Å². The lowest BCUT2D eigenvalue weighted by Gasteiger charge is -2.23. The molecule has 0 aromatic carbocycles. The SMILES string of the molecule is CN(C)CCCCCCCCC[N+](C)(C)C. The molecule has 0 bridgehead atoms. The molecule has 0 atom stereocenters. The van der Waals surface area contributed by atoms with Crippen LogP contribution in [-0.2, 0) is 0 Å². The molecular weight excluding hydrogens is 196 g/mol. The van der Waals surface area contributed by atoms with E-state index in [0.29, 0.717) is 0 Å². The molecule has 0 unspecified atom stereocenters. The van der Waals surface area contributed by atoms with E-state index in [2.05, 4.69) is 40.1 Å². The summed E-state index contributed by atoms with van der Waals surface area (Å²) in [6.45, 7) is 2.57. The van der Waals surface area contributed by atoms with Gasteiger partial charge in [-0.05, 0) is 39.9 Å². The van der Waals surface area contributed by atoms with Crippen LogP contribution < -0.4 is 0 Å². The lowest BCUT2D eigenvalue weighted by molar-refractivity contribution is -0.870. The lowest BCUT2D eigenvalue weighted by Crippen LogP contribution is -2.35. The van der Waals surface area contributed by atoms with Crippen molar-refractivity contribution >= 4 is 0 Å². The van der Waals surface area contributed by atoms with E-state index in [-0.39, 0.29) is 0 Å². The fourth-order valence-corrected chi connectivity index (χ4v) is 1.90. The second kappa shape index (κ2) is 9.00. The number of hydrogen-bond acceptors (Lipinski definition) is 1. The summed E-state index contributed by atoms with van der Waals surface area (Å²) in [4.78, 5) is 2.28. The highest BCUT2D eigenvalue weighted by Crippen LogP contribution is 2.08. The highest BCUT2D eigenvalue weighted by atomic mass is 15.3. The van der Waals surface area contributed by atoms with E-state index < -0.39 is 0 Å². The molecule has 0 spiro atoms. The molecule has 2 heteroatoms. The first-order valence-corrected chi connectivity index (χ1v) is 6.87. The van der Waals surface area contributed by atoms with Crippen LogP contribution in [0.4, 0.5) is 0 Å². The van der Waals surface area contributed by atoms with Crippen molar-refractivity contribution in [3.63, 3.8) is 0 Å². The van der Waals surface area contributed by atoms with Crippen LogP contribution in [0.3, 0.4) is 0 Å². The number of quaternary nitrogens is 1. The average molecular weight is 229 g/mol. The minimum atomic E-state index is 1.11. The number of hydrogen-bond donors (Lipinski definition) is 0. The molecule has 16 heavy (non-hydrogen) atoms. The first-order chi connectivity index (χ1) is 7.42. The maximum atomic E-state index is 2.28. The third-order valence-electron chi connectivity index (χ3n) is 2.93. The minimum absolute atomic E-state index is 1.11. The molecular formula is C14H33N2+. The molecule has 0 amide bonds. The Morgan fingerprint density at radius 3 is 1.56 bits per heavy atom. The summed E-state index contributed by atoms with van der Waals surface area (Å²) in [5, 5.41) is 0. The molecule has 0 radical (unpaired) electrons. The van der Waals surface area contributed by atoms with Gasteiger partial charge in [0, 0.05) is 0 Å². The smallest absolute Gasteiger partial charge is 0.0780 e. The maximum Gasteiger partial charge on any atom is 0.0780 e. The Bertz CT molecular complexity index is 147. The van der Waals surface area contributed by atoms with Crippen LogP contribution in [0.2, 0.25) is 0 Å². The fourth-order valence-electron chi connectivity index (χ4n) is 1.90. The van der Waals surface area contributed by atoms with Crippen molar-refractivity contribution in [3.8, 4) is 0 Å². The molecule has 98 valence electrons. The Balaban J connectivity index is 3.05. The molecule has 0 heterocycles. The zero-order valence-corrected chi connectivity index (χ0v) is 12.3. The van der Waals surface area contributed by atoms with Crippen molar-refractivity contribution in [3.05, 3.63) is 0 Å². The summed E-state index contributed by atoms with van der Waals surface area (Å²) in [7, 11) is 11.2. The Kier molecular flexibility index (Phi) is 8.96. The molecule has 0 saturated heterocycles. The Hall–Kier alpha value is -0.0800. The van der Waals surface area contributed by atoms with Gasteiger partial charge in [-0.15, -0.1) is 0 Å². The van der Waals surface area contributed by atoms with E-state index in [4.69, 9.17) is 0 Å². The van der Waals surface area contributed by atoms with Gasteiger partial charge in [0.15, 0.2) is 0 Å². The van der Waals surface area contributed by atoms with Gasteiger partial charge in [0.1, 0.15) is 0 Å². The van der Waals surface area contributed by atoms with Gasteiger partial charge in [-0.25, -0.2) is 0 Å². The van der Waals surface area contributed by atoms with E-state index in [9.17, 15) is 0 Å². The molecule has 2 nitrogen and oxygen atoms in total. The van der Waals surface area contributed by atoms with Gasteiger partial charge in [-0.2, -0.15) is 0 Å². The van der Waals surface area contributed by atoms with Gasteiger partial charge >= 0.3 is 0 Å². The highest BCUT2D eigenvalue weighted by molar-refractivity contribution is 4.48. The lowest BCUT2D eigenvalue weighted by atomic mass is 10.1. The Morgan fingerprint density at radius 1 is 0.688 bits per heavy atom. The summed E-state index contributed by atoms with van der Waals surface area (Å²) in [5.41, 5.74) is 0. The van der Waals surface area contributed by atoms with Crippen LogP contribution in [0.25, 0.3) is 0 Å². The van der Waals surface area contributed by atoms with Crippen molar-refractivity contribution in [2.45, 2.75) is 44.9 Å². The molecule has 0 aromatic rings. The summed E-state index contributed by atoms with van der Waals surface area (Å²) >= 11 is 0. The van der Waals surface area contributed by atoms with Crippen LogP contribution in [0.15, 0.2) is 0 Å². The van der Waals surface area contributed by atoms with E-state index in [1.54, 1.807) is 0 Å². The Labute approximate surface area is 103 Å². The zero-order chi connectivity index (χ0) is 12.4. The van der Waals surface area contributed by atoms with E-state index in [0.717, 1.165) is 4.48 Å². The monoisotopic (exact) mass is 229 g/mol. The highest BCUT2D eigenvalue weighted by Gasteiger charge is 2.04. The molecule has 0 rings (SSSR count). The van der Waals surface area contributed by atoms with Crippen LogP contribution in [-0.4, -0.2) is 57.7 Å². The maximum absolute atomic E-state index is 2.28. The van der Waals surface area contributed by atoms with Crippen LogP contribution in [0, 0.1) is 0 Å².